The molecule has 26 heavy (non-hydrogen) atoms. The fraction of sp³-hybridized carbons (Fsp3) is 0.333. The number of esters is 1. The molecule has 1 heterocycles. The minimum atomic E-state index is -1.02. The lowest BCUT2D eigenvalue weighted by Gasteiger charge is -2.27. The Hall–Kier alpha value is -2.43. The highest BCUT2D eigenvalue weighted by atomic mass is 35.5. The van der Waals surface area contributed by atoms with Crippen molar-refractivity contribution < 1.29 is 14.3 Å². The van der Waals surface area contributed by atoms with Crippen molar-refractivity contribution in [1.29, 1.82) is 5.26 Å². The Morgan fingerprint density at radius 1 is 1.46 bits per heavy atom. The molecule has 0 unspecified atom stereocenters. The summed E-state index contributed by atoms with van der Waals surface area (Å²) >= 11 is 7.23. The number of aromatic nitrogens is 1. The lowest BCUT2D eigenvalue weighted by Crippen LogP contribution is -2.50. The standard InChI is InChI=1S/C18H18ClN3O3S/c1-11(2)18(3,10-20)22-15(23)8-25-17(24)14-9-26-16(21-14)12-5-4-6-13(19)7-12/h4-7,9,11H,8H2,1-3H3,(H,22,23)/t18-/m1/s1. The smallest absolute Gasteiger partial charge is 0.358 e. The van der Waals surface area contributed by atoms with Gasteiger partial charge in [0.2, 0.25) is 0 Å². The number of nitrogens with zero attached hydrogens (tertiary/aromatic N) is 2. The van der Waals surface area contributed by atoms with Crippen LogP contribution in [0, 0.1) is 17.2 Å². The maximum absolute atomic E-state index is 12.1. The molecule has 136 valence electrons. The Balaban J connectivity index is 1.97. The van der Waals surface area contributed by atoms with Crippen LogP contribution in [-0.4, -0.2) is 29.0 Å². The number of ether oxygens (including phenoxy) is 1. The number of amides is 1. The number of hydrogen-bond donors (Lipinski definition) is 1. The van der Waals surface area contributed by atoms with Crippen LogP contribution in [0.1, 0.15) is 31.3 Å². The quantitative estimate of drug-likeness (QED) is 0.758. The second-order valence-corrected chi connectivity index (χ2v) is 7.44. The average molecular weight is 392 g/mol. The first-order chi connectivity index (χ1) is 12.2. The number of halogens is 1. The van der Waals surface area contributed by atoms with Gasteiger partial charge in [0.05, 0.1) is 6.07 Å². The van der Waals surface area contributed by atoms with Gasteiger partial charge in [-0.2, -0.15) is 5.26 Å². The number of nitriles is 1. The van der Waals surface area contributed by atoms with Gasteiger partial charge in [-0.15, -0.1) is 11.3 Å². The third kappa shape index (κ3) is 4.81. The molecule has 0 aliphatic carbocycles. The van der Waals surface area contributed by atoms with E-state index < -0.39 is 24.0 Å². The Morgan fingerprint density at radius 3 is 2.81 bits per heavy atom. The van der Waals surface area contributed by atoms with Crippen LogP contribution in [0.15, 0.2) is 29.6 Å². The normalized spacial score (nSPS) is 12.9. The summed E-state index contributed by atoms with van der Waals surface area (Å²) in [4.78, 5) is 28.3. The van der Waals surface area contributed by atoms with E-state index in [1.165, 1.54) is 11.3 Å². The highest BCUT2D eigenvalue weighted by Gasteiger charge is 2.30. The third-order valence-corrected chi connectivity index (χ3v) is 5.03. The molecule has 0 bridgehead atoms. The fourth-order valence-electron chi connectivity index (χ4n) is 1.95. The van der Waals surface area contributed by atoms with Crippen molar-refractivity contribution in [1.82, 2.24) is 10.3 Å². The van der Waals surface area contributed by atoms with Gasteiger partial charge >= 0.3 is 5.97 Å². The zero-order valence-corrected chi connectivity index (χ0v) is 16.1. The minimum absolute atomic E-state index is 0.0917. The summed E-state index contributed by atoms with van der Waals surface area (Å²) in [6.07, 6.45) is 0. The number of carbonyl (C=O) groups excluding carboxylic acids is 2. The van der Waals surface area contributed by atoms with Gasteiger partial charge in [0.15, 0.2) is 12.3 Å². The van der Waals surface area contributed by atoms with Gasteiger partial charge in [0.1, 0.15) is 10.5 Å². The zero-order valence-electron chi connectivity index (χ0n) is 14.6. The van der Waals surface area contributed by atoms with Crippen LogP contribution in [0.5, 0.6) is 0 Å². The van der Waals surface area contributed by atoms with Gasteiger partial charge in [-0.1, -0.05) is 37.6 Å². The lowest BCUT2D eigenvalue weighted by molar-refractivity contribution is -0.125. The SMILES string of the molecule is CC(C)[C@@](C)(C#N)NC(=O)COC(=O)c1csc(-c2cccc(Cl)c2)n1. The summed E-state index contributed by atoms with van der Waals surface area (Å²) in [6, 6.07) is 9.19. The first kappa shape index (κ1) is 19.9. The molecule has 2 rings (SSSR count). The largest absolute Gasteiger partial charge is 0.451 e. The monoisotopic (exact) mass is 391 g/mol. The van der Waals surface area contributed by atoms with E-state index in [0.29, 0.717) is 10.0 Å². The maximum Gasteiger partial charge on any atom is 0.358 e. The van der Waals surface area contributed by atoms with Crippen molar-refractivity contribution >= 4 is 34.8 Å². The molecule has 1 amide bonds. The second kappa shape index (κ2) is 8.30. The molecule has 0 aliphatic rings. The number of carbonyl (C=O) groups is 2. The lowest BCUT2D eigenvalue weighted by atomic mass is 9.90. The van der Waals surface area contributed by atoms with E-state index in [1.54, 1.807) is 30.5 Å². The summed E-state index contributed by atoms with van der Waals surface area (Å²) in [5.74, 6) is -1.33. The zero-order chi connectivity index (χ0) is 19.3. The molecule has 0 saturated heterocycles. The average Bonchev–Trinajstić information content (AvgIpc) is 3.09. The molecule has 0 fully saturated rings. The van der Waals surface area contributed by atoms with E-state index >= 15 is 0 Å². The molecule has 6 nitrogen and oxygen atoms in total. The number of hydrogen-bond acceptors (Lipinski definition) is 6. The summed E-state index contributed by atoms with van der Waals surface area (Å²) < 4.78 is 4.99. The van der Waals surface area contributed by atoms with Crippen LogP contribution >= 0.6 is 22.9 Å². The number of benzene rings is 1. The van der Waals surface area contributed by atoms with Crippen molar-refractivity contribution in [2.45, 2.75) is 26.3 Å². The van der Waals surface area contributed by atoms with E-state index in [1.807, 2.05) is 19.9 Å². The molecular weight excluding hydrogens is 374 g/mol. The van der Waals surface area contributed by atoms with E-state index in [4.69, 9.17) is 16.3 Å². The van der Waals surface area contributed by atoms with Gasteiger partial charge < -0.3 is 10.1 Å². The Kier molecular flexibility index (Phi) is 6.35. The topological polar surface area (TPSA) is 92.1 Å². The van der Waals surface area contributed by atoms with Crippen molar-refractivity contribution in [2.24, 2.45) is 5.92 Å². The van der Waals surface area contributed by atoms with Crippen LogP contribution < -0.4 is 5.32 Å². The highest BCUT2D eigenvalue weighted by molar-refractivity contribution is 7.13. The van der Waals surface area contributed by atoms with Gasteiger partial charge in [0, 0.05) is 16.0 Å². The minimum Gasteiger partial charge on any atom is -0.451 e. The van der Waals surface area contributed by atoms with E-state index in [9.17, 15) is 14.9 Å². The molecule has 0 radical (unpaired) electrons. The number of rotatable bonds is 6. The molecule has 1 atom stereocenters. The fourth-order valence-corrected chi connectivity index (χ4v) is 2.93. The molecule has 1 N–H and O–H groups in total. The van der Waals surface area contributed by atoms with Crippen molar-refractivity contribution in [3.05, 3.63) is 40.4 Å². The molecule has 0 spiro atoms. The van der Waals surface area contributed by atoms with Gasteiger partial charge in [-0.3, -0.25) is 4.79 Å². The molecule has 1 aromatic carbocycles. The van der Waals surface area contributed by atoms with Crippen LogP contribution in [0.4, 0.5) is 0 Å². The molecule has 0 aliphatic heterocycles. The molecule has 1 aromatic heterocycles. The maximum atomic E-state index is 12.1. The Bertz CT molecular complexity index is 859. The van der Waals surface area contributed by atoms with E-state index in [0.717, 1.165) is 5.56 Å². The van der Waals surface area contributed by atoms with E-state index in [-0.39, 0.29) is 11.6 Å². The highest BCUT2D eigenvalue weighted by Crippen LogP contribution is 2.26. The van der Waals surface area contributed by atoms with E-state index in [2.05, 4.69) is 16.4 Å². The van der Waals surface area contributed by atoms with Gasteiger partial charge in [-0.25, -0.2) is 9.78 Å². The first-order valence-electron chi connectivity index (χ1n) is 7.86. The third-order valence-electron chi connectivity index (χ3n) is 3.91. The van der Waals surface area contributed by atoms with Crippen molar-refractivity contribution in [3.8, 4) is 16.6 Å². The van der Waals surface area contributed by atoms with Crippen molar-refractivity contribution in [3.63, 3.8) is 0 Å². The molecular formula is C18H18ClN3O3S. The van der Waals surface area contributed by atoms with Crippen LogP contribution in [-0.2, 0) is 9.53 Å². The van der Waals surface area contributed by atoms with Crippen molar-refractivity contribution in [2.75, 3.05) is 6.61 Å². The Labute approximate surface area is 160 Å². The Morgan fingerprint density at radius 2 is 2.19 bits per heavy atom. The van der Waals surface area contributed by atoms with Crippen LogP contribution in [0.25, 0.3) is 10.6 Å². The molecule has 0 saturated carbocycles. The predicted octanol–water partition coefficient (Wildman–Crippen LogP) is 3.67. The van der Waals surface area contributed by atoms with Gasteiger partial charge in [-0.05, 0) is 25.0 Å². The molecule has 8 heteroatoms. The number of nitrogens with one attached hydrogen (secondary N) is 1. The number of thiazole rings is 1. The van der Waals surface area contributed by atoms with Gasteiger partial charge in [0.25, 0.3) is 5.91 Å². The first-order valence-corrected chi connectivity index (χ1v) is 9.12. The predicted molar refractivity (Wildman–Crippen MR) is 99.8 cm³/mol. The van der Waals surface area contributed by atoms with Crippen LogP contribution in [0.2, 0.25) is 5.02 Å². The van der Waals surface area contributed by atoms with Crippen LogP contribution in [0.3, 0.4) is 0 Å². The second-order valence-electron chi connectivity index (χ2n) is 6.14. The summed E-state index contributed by atoms with van der Waals surface area (Å²) in [5, 5.41) is 14.5. The summed E-state index contributed by atoms with van der Waals surface area (Å²) in [7, 11) is 0. The summed E-state index contributed by atoms with van der Waals surface area (Å²) in [6.45, 7) is 4.78. The molecule has 2 aromatic rings. The summed E-state index contributed by atoms with van der Waals surface area (Å²) in [5.41, 5.74) is -0.116.